The number of hydrogen-bond acceptors (Lipinski definition) is 8. The second-order valence-corrected chi connectivity index (χ2v) is 8.30. The highest BCUT2D eigenvalue weighted by Crippen LogP contribution is 2.35. The third-order valence-corrected chi connectivity index (χ3v) is 6.08. The van der Waals surface area contributed by atoms with Gasteiger partial charge < -0.3 is 25.0 Å². The van der Waals surface area contributed by atoms with Crippen molar-refractivity contribution in [3.05, 3.63) is 48.3 Å². The first-order chi connectivity index (χ1) is 15.6. The molecule has 0 saturated carbocycles. The van der Waals surface area contributed by atoms with E-state index >= 15 is 0 Å². The lowest BCUT2D eigenvalue weighted by atomic mass is 10.1. The first-order valence-electron chi connectivity index (χ1n) is 10.6. The number of carbonyl (C=O) groups excluding carboxylic acids is 1. The molecule has 32 heavy (non-hydrogen) atoms. The molecule has 2 atom stereocenters. The summed E-state index contributed by atoms with van der Waals surface area (Å²) < 4.78 is 11.2. The maximum atomic E-state index is 11.4. The standard InChI is InChI=1S/C23H22N6O3/c1-13-6-15(2-3-19(13)29-10-17-8-16(29)11-31-17)26-23-24-5-4-18(27-23)14-7-20-22(25-9-14)28-21(30)12-32-20/h2-7,9,16-17H,8,10-12H2,1H3,(H,24,26,27)(H,25,28,30). The van der Waals surface area contributed by atoms with Crippen LogP contribution < -0.4 is 20.3 Å². The Hall–Kier alpha value is -3.72. The van der Waals surface area contributed by atoms with Crippen molar-refractivity contribution in [2.24, 2.45) is 0 Å². The topological polar surface area (TPSA) is 102 Å². The smallest absolute Gasteiger partial charge is 0.263 e. The predicted octanol–water partition coefficient (Wildman–Crippen LogP) is 2.90. The molecule has 6 rings (SSSR count). The van der Waals surface area contributed by atoms with Gasteiger partial charge >= 0.3 is 0 Å². The van der Waals surface area contributed by atoms with Gasteiger partial charge in [-0.3, -0.25) is 4.79 Å². The summed E-state index contributed by atoms with van der Waals surface area (Å²) in [6, 6.07) is 10.5. The van der Waals surface area contributed by atoms with Crippen LogP contribution in [-0.2, 0) is 9.53 Å². The van der Waals surface area contributed by atoms with Crippen LogP contribution in [0.3, 0.4) is 0 Å². The summed E-state index contributed by atoms with van der Waals surface area (Å²) in [5.74, 6) is 1.24. The molecular weight excluding hydrogens is 408 g/mol. The van der Waals surface area contributed by atoms with Crippen LogP contribution in [0.5, 0.6) is 5.75 Å². The van der Waals surface area contributed by atoms with Crippen LogP contribution in [0.15, 0.2) is 42.7 Å². The number of hydrogen-bond donors (Lipinski definition) is 2. The van der Waals surface area contributed by atoms with Crippen molar-refractivity contribution in [1.29, 1.82) is 0 Å². The Morgan fingerprint density at radius 2 is 2.16 bits per heavy atom. The Bertz CT molecular complexity index is 1220. The zero-order valence-corrected chi connectivity index (χ0v) is 17.5. The molecule has 3 aliphatic heterocycles. The van der Waals surface area contributed by atoms with Gasteiger partial charge in [-0.15, -0.1) is 0 Å². The predicted molar refractivity (Wildman–Crippen MR) is 119 cm³/mol. The zero-order valence-electron chi connectivity index (χ0n) is 17.5. The van der Waals surface area contributed by atoms with E-state index in [0.717, 1.165) is 30.8 Å². The van der Waals surface area contributed by atoms with Gasteiger partial charge in [0.1, 0.15) is 0 Å². The summed E-state index contributed by atoms with van der Waals surface area (Å²) in [6.45, 7) is 3.89. The summed E-state index contributed by atoms with van der Waals surface area (Å²) >= 11 is 0. The second-order valence-electron chi connectivity index (χ2n) is 8.30. The lowest BCUT2D eigenvalue weighted by Crippen LogP contribution is -2.37. The molecule has 3 aromatic rings. The van der Waals surface area contributed by atoms with E-state index in [1.807, 2.05) is 12.1 Å². The minimum Gasteiger partial charge on any atom is -0.480 e. The van der Waals surface area contributed by atoms with Crippen molar-refractivity contribution < 1.29 is 14.3 Å². The van der Waals surface area contributed by atoms with Gasteiger partial charge in [-0.05, 0) is 49.2 Å². The van der Waals surface area contributed by atoms with Gasteiger partial charge in [0.2, 0.25) is 5.95 Å². The fourth-order valence-electron chi connectivity index (χ4n) is 4.56. The van der Waals surface area contributed by atoms with Gasteiger partial charge in [0.15, 0.2) is 18.2 Å². The highest BCUT2D eigenvalue weighted by molar-refractivity contribution is 5.94. The molecule has 2 bridgehead atoms. The van der Waals surface area contributed by atoms with E-state index in [0.29, 0.717) is 35.4 Å². The van der Waals surface area contributed by atoms with Crippen LogP contribution in [-0.4, -0.2) is 52.8 Å². The van der Waals surface area contributed by atoms with E-state index in [1.54, 1.807) is 12.4 Å². The first-order valence-corrected chi connectivity index (χ1v) is 10.6. The first kappa shape index (κ1) is 19.0. The van der Waals surface area contributed by atoms with E-state index in [-0.39, 0.29) is 12.5 Å². The number of rotatable bonds is 4. The number of carbonyl (C=O) groups is 1. The number of ether oxygens (including phenoxy) is 2. The van der Waals surface area contributed by atoms with Crippen molar-refractivity contribution in [2.45, 2.75) is 25.5 Å². The molecule has 1 aromatic carbocycles. The minimum atomic E-state index is -0.210. The molecule has 0 radical (unpaired) electrons. The van der Waals surface area contributed by atoms with Crippen LogP contribution in [0.4, 0.5) is 23.1 Å². The number of nitrogens with one attached hydrogen (secondary N) is 2. The number of fused-ring (bicyclic) bond motifs is 3. The molecule has 2 fully saturated rings. The molecule has 1 amide bonds. The molecule has 9 nitrogen and oxygen atoms in total. The summed E-state index contributed by atoms with van der Waals surface area (Å²) in [5.41, 5.74) is 4.88. The van der Waals surface area contributed by atoms with Gasteiger partial charge in [0.05, 0.1) is 24.4 Å². The molecule has 9 heteroatoms. The highest BCUT2D eigenvalue weighted by atomic mass is 16.5. The Morgan fingerprint density at radius 1 is 1.22 bits per heavy atom. The number of nitrogens with zero attached hydrogens (tertiary/aromatic N) is 4. The fourth-order valence-corrected chi connectivity index (χ4v) is 4.56. The summed E-state index contributed by atoms with van der Waals surface area (Å²) in [6.07, 6.45) is 4.85. The van der Waals surface area contributed by atoms with Crippen molar-refractivity contribution >= 4 is 29.0 Å². The molecule has 2 unspecified atom stereocenters. The molecule has 2 N–H and O–H groups in total. The van der Waals surface area contributed by atoms with Gasteiger partial charge in [-0.1, -0.05) is 0 Å². The van der Waals surface area contributed by atoms with E-state index in [9.17, 15) is 4.79 Å². The molecule has 162 valence electrons. The quantitative estimate of drug-likeness (QED) is 0.652. The highest BCUT2D eigenvalue weighted by Gasteiger charge is 2.39. The van der Waals surface area contributed by atoms with Crippen LogP contribution in [0, 0.1) is 6.92 Å². The van der Waals surface area contributed by atoms with Crippen molar-refractivity contribution in [3.8, 4) is 17.0 Å². The van der Waals surface area contributed by atoms with Crippen molar-refractivity contribution in [3.63, 3.8) is 0 Å². The third-order valence-electron chi connectivity index (χ3n) is 6.08. The van der Waals surface area contributed by atoms with E-state index in [4.69, 9.17) is 9.47 Å². The monoisotopic (exact) mass is 430 g/mol. The average Bonchev–Trinajstić information content (AvgIpc) is 3.43. The Kier molecular flexibility index (Phi) is 4.43. The lowest BCUT2D eigenvalue weighted by Gasteiger charge is -2.30. The molecule has 3 aliphatic rings. The summed E-state index contributed by atoms with van der Waals surface area (Å²) in [5, 5.41) is 5.99. The Labute approximate surface area is 184 Å². The summed E-state index contributed by atoms with van der Waals surface area (Å²) in [4.78, 5) is 27.2. The number of pyridine rings is 1. The Morgan fingerprint density at radius 3 is 2.97 bits per heavy atom. The van der Waals surface area contributed by atoms with E-state index < -0.39 is 0 Å². The molecular formula is C23H22N6O3. The summed E-state index contributed by atoms with van der Waals surface area (Å²) in [7, 11) is 0. The van der Waals surface area contributed by atoms with Crippen molar-refractivity contribution in [2.75, 3.05) is 35.3 Å². The zero-order chi connectivity index (χ0) is 21.7. The van der Waals surface area contributed by atoms with Gasteiger partial charge in [0, 0.05) is 35.9 Å². The Balaban J connectivity index is 1.22. The molecule has 5 heterocycles. The largest absolute Gasteiger partial charge is 0.480 e. The third kappa shape index (κ3) is 3.40. The number of morpholine rings is 1. The fraction of sp³-hybridized carbons (Fsp3) is 0.304. The van der Waals surface area contributed by atoms with Crippen LogP contribution in [0.1, 0.15) is 12.0 Å². The SMILES string of the molecule is Cc1cc(Nc2nccc(-c3cnc4c(c3)OCC(=O)N4)n2)ccc1N1CC2CC1CO2. The second kappa shape index (κ2) is 7.45. The van der Waals surface area contributed by atoms with Gasteiger partial charge in [-0.2, -0.15) is 0 Å². The van der Waals surface area contributed by atoms with Crippen LogP contribution in [0.25, 0.3) is 11.3 Å². The number of aromatic nitrogens is 3. The van der Waals surface area contributed by atoms with Crippen LogP contribution in [0.2, 0.25) is 0 Å². The van der Waals surface area contributed by atoms with Crippen molar-refractivity contribution in [1.82, 2.24) is 15.0 Å². The number of benzene rings is 1. The molecule has 0 spiro atoms. The normalized spacial score (nSPS) is 21.2. The minimum absolute atomic E-state index is 0.0179. The van der Waals surface area contributed by atoms with Crippen LogP contribution >= 0.6 is 0 Å². The molecule has 2 aromatic heterocycles. The average molecular weight is 430 g/mol. The lowest BCUT2D eigenvalue weighted by molar-refractivity contribution is -0.118. The van der Waals surface area contributed by atoms with E-state index in [2.05, 4.69) is 55.6 Å². The van der Waals surface area contributed by atoms with E-state index in [1.165, 1.54) is 11.3 Å². The van der Waals surface area contributed by atoms with Gasteiger partial charge in [0.25, 0.3) is 5.91 Å². The maximum absolute atomic E-state index is 11.4. The number of aryl methyl sites for hydroxylation is 1. The molecule has 0 aliphatic carbocycles. The number of anilines is 4. The molecule has 2 saturated heterocycles. The maximum Gasteiger partial charge on any atom is 0.263 e. The van der Waals surface area contributed by atoms with Gasteiger partial charge in [-0.25, -0.2) is 15.0 Å². The number of amides is 1.